The Morgan fingerprint density at radius 2 is 2.00 bits per heavy atom. The standard InChI is InChI=1S/C12H17BrO/c1-9(14-4)12(2,3)10-6-5-7-11(13)8-10/h5-9H,1-4H3. The molecule has 1 aromatic rings. The van der Waals surface area contributed by atoms with Gasteiger partial charge in [0.15, 0.2) is 0 Å². The normalized spacial score (nSPS) is 14.1. The van der Waals surface area contributed by atoms with Gasteiger partial charge >= 0.3 is 0 Å². The smallest absolute Gasteiger partial charge is 0.0634 e. The summed E-state index contributed by atoms with van der Waals surface area (Å²) < 4.78 is 6.51. The van der Waals surface area contributed by atoms with Gasteiger partial charge in [-0.3, -0.25) is 0 Å². The quantitative estimate of drug-likeness (QED) is 0.801. The molecule has 0 N–H and O–H groups in total. The summed E-state index contributed by atoms with van der Waals surface area (Å²) in [6, 6.07) is 8.39. The third kappa shape index (κ3) is 2.37. The highest BCUT2D eigenvalue weighted by atomic mass is 79.9. The second-order valence-corrected chi connectivity index (χ2v) is 5.03. The third-order valence-electron chi connectivity index (χ3n) is 2.94. The summed E-state index contributed by atoms with van der Waals surface area (Å²) in [6.07, 6.45) is 0.205. The van der Waals surface area contributed by atoms with Crippen LogP contribution < -0.4 is 0 Å². The minimum absolute atomic E-state index is 0.0402. The van der Waals surface area contributed by atoms with Gasteiger partial charge in [-0.15, -0.1) is 0 Å². The van der Waals surface area contributed by atoms with E-state index in [9.17, 15) is 0 Å². The van der Waals surface area contributed by atoms with Crippen molar-refractivity contribution in [2.45, 2.75) is 32.3 Å². The largest absolute Gasteiger partial charge is 0.381 e. The zero-order chi connectivity index (χ0) is 10.8. The molecule has 0 aromatic heterocycles. The van der Waals surface area contributed by atoms with Crippen LogP contribution in [0.1, 0.15) is 26.3 Å². The lowest BCUT2D eigenvalue weighted by atomic mass is 9.80. The lowest BCUT2D eigenvalue weighted by Gasteiger charge is -2.31. The summed E-state index contributed by atoms with van der Waals surface area (Å²) >= 11 is 3.48. The highest BCUT2D eigenvalue weighted by Crippen LogP contribution is 2.30. The lowest BCUT2D eigenvalue weighted by Crippen LogP contribution is -2.32. The van der Waals surface area contributed by atoms with E-state index in [1.807, 2.05) is 6.07 Å². The summed E-state index contributed by atoms with van der Waals surface area (Å²) in [7, 11) is 1.75. The van der Waals surface area contributed by atoms with Crippen LogP contribution in [0.5, 0.6) is 0 Å². The predicted molar refractivity (Wildman–Crippen MR) is 63.6 cm³/mol. The molecule has 1 aromatic carbocycles. The number of rotatable bonds is 3. The van der Waals surface area contributed by atoms with Gasteiger partial charge in [-0.2, -0.15) is 0 Å². The van der Waals surface area contributed by atoms with Crippen LogP contribution in [0, 0.1) is 0 Å². The number of hydrogen-bond acceptors (Lipinski definition) is 1. The molecular weight excluding hydrogens is 240 g/mol. The Hall–Kier alpha value is -0.340. The maximum absolute atomic E-state index is 5.39. The molecule has 0 bridgehead atoms. The Morgan fingerprint density at radius 1 is 1.36 bits per heavy atom. The number of methoxy groups -OCH3 is 1. The van der Waals surface area contributed by atoms with Gasteiger partial charge in [0.05, 0.1) is 6.10 Å². The van der Waals surface area contributed by atoms with Crippen LogP contribution in [-0.4, -0.2) is 13.2 Å². The van der Waals surface area contributed by atoms with Crippen LogP contribution in [0.2, 0.25) is 0 Å². The van der Waals surface area contributed by atoms with E-state index in [1.54, 1.807) is 7.11 Å². The van der Waals surface area contributed by atoms with Crippen LogP contribution >= 0.6 is 15.9 Å². The molecule has 1 rings (SSSR count). The fourth-order valence-corrected chi connectivity index (χ4v) is 1.82. The van der Waals surface area contributed by atoms with Crippen molar-refractivity contribution < 1.29 is 4.74 Å². The molecule has 0 saturated heterocycles. The SMILES string of the molecule is COC(C)C(C)(C)c1cccc(Br)c1. The molecule has 0 aliphatic heterocycles. The van der Waals surface area contributed by atoms with Crippen LogP contribution in [0.15, 0.2) is 28.7 Å². The molecule has 0 radical (unpaired) electrons. The van der Waals surface area contributed by atoms with E-state index in [0.29, 0.717) is 0 Å². The second-order valence-electron chi connectivity index (χ2n) is 4.11. The van der Waals surface area contributed by atoms with E-state index in [2.05, 4.69) is 54.9 Å². The zero-order valence-corrected chi connectivity index (χ0v) is 10.8. The Morgan fingerprint density at radius 3 is 2.50 bits per heavy atom. The van der Waals surface area contributed by atoms with E-state index >= 15 is 0 Å². The van der Waals surface area contributed by atoms with Gasteiger partial charge < -0.3 is 4.74 Å². The summed E-state index contributed by atoms with van der Waals surface area (Å²) in [4.78, 5) is 0. The molecule has 0 saturated carbocycles. The van der Waals surface area contributed by atoms with Crippen molar-refractivity contribution in [1.82, 2.24) is 0 Å². The van der Waals surface area contributed by atoms with E-state index in [4.69, 9.17) is 4.74 Å². The predicted octanol–water partition coefficient (Wildman–Crippen LogP) is 3.76. The molecule has 1 nitrogen and oxygen atoms in total. The summed E-state index contributed by atoms with van der Waals surface area (Å²) in [5, 5.41) is 0. The first-order chi connectivity index (χ1) is 6.48. The van der Waals surface area contributed by atoms with Crippen molar-refractivity contribution >= 4 is 15.9 Å². The van der Waals surface area contributed by atoms with Gasteiger partial charge in [0.25, 0.3) is 0 Å². The molecule has 2 heteroatoms. The average molecular weight is 257 g/mol. The van der Waals surface area contributed by atoms with Gasteiger partial charge in [0.2, 0.25) is 0 Å². The summed E-state index contributed by atoms with van der Waals surface area (Å²) in [6.45, 7) is 6.49. The minimum Gasteiger partial charge on any atom is -0.381 e. The molecule has 78 valence electrons. The van der Waals surface area contributed by atoms with Crippen LogP contribution in [0.25, 0.3) is 0 Å². The number of benzene rings is 1. The first kappa shape index (κ1) is 11.7. The molecule has 1 unspecified atom stereocenters. The van der Waals surface area contributed by atoms with Crippen molar-refractivity contribution in [1.29, 1.82) is 0 Å². The lowest BCUT2D eigenvalue weighted by molar-refractivity contribution is 0.0607. The van der Waals surface area contributed by atoms with Crippen molar-refractivity contribution in [3.63, 3.8) is 0 Å². The first-order valence-corrected chi connectivity index (χ1v) is 5.56. The molecule has 0 amide bonds. The van der Waals surface area contributed by atoms with Crippen molar-refractivity contribution in [3.05, 3.63) is 34.3 Å². The zero-order valence-electron chi connectivity index (χ0n) is 9.17. The van der Waals surface area contributed by atoms with E-state index in [0.717, 1.165) is 4.47 Å². The summed E-state index contributed by atoms with van der Waals surface area (Å²) in [5.41, 5.74) is 1.33. The fourth-order valence-electron chi connectivity index (χ4n) is 1.42. The van der Waals surface area contributed by atoms with Crippen LogP contribution in [0.4, 0.5) is 0 Å². The molecule has 14 heavy (non-hydrogen) atoms. The number of ether oxygens (including phenoxy) is 1. The topological polar surface area (TPSA) is 9.23 Å². The van der Waals surface area contributed by atoms with E-state index < -0.39 is 0 Å². The molecule has 1 atom stereocenters. The highest BCUT2D eigenvalue weighted by Gasteiger charge is 2.27. The van der Waals surface area contributed by atoms with Gasteiger partial charge in [-0.1, -0.05) is 41.9 Å². The third-order valence-corrected chi connectivity index (χ3v) is 3.43. The Kier molecular flexibility index (Phi) is 3.73. The fraction of sp³-hybridized carbons (Fsp3) is 0.500. The Balaban J connectivity index is 3.03. The van der Waals surface area contributed by atoms with Gasteiger partial charge in [-0.05, 0) is 24.6 Å². The first-order valence-electron chi connectivity index (χ1n) is 4.77. The van der Waals surface area contributed by atoms with Crippen molar-refractivity contribution in [2.24, 2.45) is 0 Å². The Bertz CT molecular complexity index is 307. The van der Waals surface area contributed by atoms with Gasteiger partial charge in [0, 0.05) is 17.0 Å². The van der Waals surface area contributed by atoms with Crippen LogP contribution in [-0.2, 0) is 10.2 Å². The highest BCUT2D eigenvalue weighted by molar-refractivity contribution is 9.10. The van der Waals surface area contributed by atoms with Gasteiger partial charge in [0.1, 0.15) is 0 Å². The average Bonchev–Trinajstić information content (AvgIpc) is 2.16. The summed E-state index contributed by atoms with van der Waals surface area (Å²) in [5.74, 6) is 0. The second kappa shape index (κ2) is 4.45. The monoisotopic (exact) mass is 256 g/mol. The molecule has 0 aliphatic carbocycles. The maximum atomic E-state index is 5.39. The molecule has 0 fully saturated rings. The van der Waals surface area contributed by atoms with E-state index in [-0.39, 0.29) is 11.5 Å². The molecule has 0 spiro atoms. The molecular formula is C12H17BrO. The molecule has 0 heterocycles. The molecule has 0 aliphatic rings. The van der Waals surface area contributed by atoms with E-state index in [1.165, 1.54) is 5.56 Å². The minimum atomic E-state index is 0.0402. The van der Waals surface area contributed by atoms with Crippen molar-refractivity contribution in [2.75, 3.05) is 7.11 Å². The van der Waals surface area contributed by atoms with Crippen molar-refractivity contribution in [3.8, 4) is 0 Å². The van der Waals surface area contributed by atoms with Crippen LogP contribution in [0.3, 0.4) is 0 Å². The maximum Gasteiger partial charge on any atom is 0.0634 e. The number of hydrogen-bond donors (Lipinski definition) is 0. The Labute approximate surface area is 94.6 Å². The van der Waals surface area contributed by atoms with Gasteiger partial charge in [-0.25, -0.2) is 0 Å². The number of halogens is 1.